The molecule has 0 spiro atoms. The third-order valence-corrected chi connectivity index (χ3v) is 4.84. The minimum Gasteiger partial charge on any atom is -0.480 e. The molecule has 0 unspecified atom stereocenters. The van der Waals surface area contributed by atoms with Crippen molar-refractivity contribution >= 4 is 12.1 Å². The van der Waals surface area contributed by atoms with Crippen LogP contribution >= 0.6 is 0 Å². The standard InChI is InChI=1S/C19H26N2O4/c22-18(23)13-20-10-4-7-16(11-20)12-21(17-8-9-17)19(24)25-14-15-5-2-1-3-6-15/h1-3,5-6,16-17H,4,7-14H2,(H,22,23)/t16-/m1/s1. The van der Waals surface area contributed by atoms with Crippen molar-refractivity contribution in [3.63, 3.8) is 0 Å². The monoisotopic (exact) mass is 346 g/mol. The molecule has 0 bridgehead atoms. The van der Waals surface area contributed by atoms with E-state index >= 15 is 0 Å². The molecule has 1 saturated carbocycles. The molecule has 2 fully saturated rings. The van der Waals surface area contributed by atoms with E-state index in [4.69, 9.17) is 9.84 Å². The number of likely N-dealkylation sites (tertiary alicyclic amines) is 1. The van der Waals surface area contributed by atoms with Gasteiger partial charge in [0.25, 0.3) is 0 Å². The van der Waals surface area contributed by atoms with Crippen LogP contribution in [0, 0.1) is 5.92 Å². The lowest BCUT2D eigenvalue weighted by molar-refractivity contribution is -0.138. The van der Waals surface area contributed by atoms with Gasteiger partial charge >= 0.3 is 12.1 Å². The number of nitrogens with zero attached hydrogens (tertiary/aromatic N) is 2. The molecule has 1 aromatic rings. The number of carboxylic acid groups (broad SMARTS) is 1. The molecular formula is C19H26N2O4. The molecule has 1 aromatic carbocycles. The van der Waals surface area contributed by atoms with Gasteiger partial charge in [-0.2, -0.15) is 0 Å². The molecule has 2 aliphatic rings. The number of amides is 1. The van der Waals surface area contributed by atoms with Gasteiger partial charge in [-0.3, -0.25) is 9.69 Å². The normalized spacial score (nSPS) is 20.9. The van der Waals surface area contributed by atoms with Crippen LogP contribution in [0.4, 0.5) is 4.79 Å². The number of carbonyl (C=O) groups is 2. The van der Waals surface area contributed by atoms with Gasteiger partial charge in [0.05, 0.1) is 6.54 Å². The van der Waals surface area contributed by atoms with Crippen LogP contribution in [0.5, 0.6) is 0 Å². The van der Waals surface area contributed by atoms with E-state index in [-0.39, 0.29) is 18.7 Å². The minimum absolute atomic E-state index is 0.0817. The summed E-state index contributed by atoms with van der Waals surface area (Å²) in [6, 6.07) is 9.98. The number of ether oxygens (including phenoxy) is 1. The van der Waals surface area contributed by atoms with Gasteiger partial charge in [-0.05, 0) is 43.7 Å². The molecular weight excluding hydrogens is 320 g/mol. The van der Waals surface area contributed by atoms with E-state index in [1.807, 2.05) is 40.1 Å². The fourth-order valence-electron chi connectivity index (χ4n) is 3.47. The number of benzene rings is 1. The molecule has 6 heteroatoms. The average molecular weight is 346 g/mol. The Morgan fingerprint density at radius 2 is 1.96 bits per heavy atom. The first-order valence-electron chi connectivity index (χ1n) is 9.03. The number of hydrogen-bond donors (Lipinski definition) is 1. The Morgan fingerprint density at radius 1 is 1.20 bits per heavy atom. The maximum Gasteiger partial charge on any atom is 0.410 e. The molecule has 136 valence electrons. The Hall–Kier alpha value is -2.08. The topological polar surface area (TPSA) is 70.1 Å². The van der Waals surface area contributed by atoms with Gasteiger partial charge in [0, 0.05) is 19.1 Å². The van der Waals surface area contributed by atoms with E-state index in [0.717, 1.165) is 44.3 Å². The zero-order valence-corrected chi connectivity index (χ0v) is 14.5. The molecule has 6 nitrogen and oxygen atoms in total. The zero-order valence-electron chi connectivity index (χ0n) is 14.5. The van der Waals surface area contributed by atoms with Crippen molar-refractivity contribution < 1.29 is 19.4 Å². The highest BCUT2D eigenvalue weighted by Gasteiger charge is 2.36. The first kappa shape index (κ1) is 17.7. The summed E-state index contributed by atoms with van der Waals surface area (Å²) in [6.07, 6.45) is 3.83. The highest BCUT2D eigenvalue weighted by molar-refractivity contribution is 5.69. The summed E-state index contributed by atoms with van der Waals surface area (Å²) >= 11 is 0. The average Bonchev–Trinajstić information content (AvgIpc) is 3.43. The Balaban J connectivity index is 1.52. The summed E-state index contributed by atoms with van der Waals surface area (Å²) in [5.74, 6) is -0.472. The maximum atomic E-state index is 12.5. The molecule has 1 amide bonds. The summed E-state index contributed by atoms with van der Waals surface area (Å²) in [5, 5.41) is 8.97. The molecule has 0 radical (unpaired) electrons. The molecule has 0 aromatic heterocycles. The Bertz CT molecular complexity index is 588. The smallest absolute Gasteiger partial charge is 0.410 e. The second-order valence-corrected chi connectivity index (χ2v) is 7.06. The van der Waals surface area contributed by atoms with Crippen LogP contribution in [0.2, 0.25) is 0 Å². The van der Waals surface area contributed by atoms with Gasteiger partial charge in [0.2, 0.25) is 0 Å². The lowest BCUT2D eigenvalue weighted by atomic mass is 9.97. The molecule has 1 heterocycles. The SMILES string of the molecule is O=C(O)CN1CCC[C@@H](CN(C(=O)OCc2ccccc2)C2CC2)C1. The molecule has 1 N–H and O–H groups in total. The zero-order chi connectivity index (χ0) is 17.6. The highest BCUT2D eigenvalue weighted by Crippen LogP contribution is 2.30. The fraction of sp³-hybridized carbons (Fsp3) is 0.579. The fourth-order valence-corrected chi connectivity index (χ4v) is 3.47. The second-order valence-electron chi connectivity index (χ2n) is 7.06. The van der Waals surface area contributed by atoms with Crippen LogP contribution < -0.4 is 0 Å². The summed E-state index contributed by atoms with van der Waals surface area (Å²) in [7, 11) is 0. The maximum absolute atomic E-state index is 12.5. The van der Waals surface area contributed by atoms with E-state index in [1.165, 1.54) is 0 Å². The van der Waals surface area contributed by atoms with E-state index in [1.54, 1.807) is 0 Å². The van der Waals surface area contributed by atoms with Crippen molar-refractivity contribution in [1.82, 2.24) is 9.80 Å². The van der Waals surface area contributed by atoms with Crippen molar-refractivity contribution in [3.8, 4) is 0 Å². The van der Waals surface area contributed by atoms with Crippen LogP contribution in [0.1, 0.15) is 31.2 Å². The number of aliphatic carboxylic acids is 1. The lowest BCUT2D eigenvalue weighted by Crippen LogP contribution is -2.45. The van der Waals surface area contributed by atoms with Crippen molar-refractivity contribution in [2.45, 2.75) is 38.3 Å². The highest BCUT2D eigenvalue weighted by atomic mass is 16.6. The second kappa shape index (κ2) is 8.34. The van der Waals surface area contributed by atoms with Crippen LogP contribution in [0.15, 0.2) is 30.3 Å². The summed E-state index contributed by atoms with van der Waals surface area (Å²) in [6.45, 7) is 2.59. The van der Waals surface area contributed by atoms with Crippen LogP contribution in [0.25, 0.3) is 0 Å². The van der Waals surface area contributed by atoms with E-state index in [9.17, 15) is 9.59 Å². The largest absolute Gasteiger partial charge is 0.480 e. The quantitative estimate of drug-likeness (QED) is 0.822. The minimum atomic E-state index is -0.790. The van der Waals surface area contributed by atoms with Crippen LogP contribution in [-0.4, -0.2) is 59.2 Å². The third-order valence-electron chi connectivity index (χ3n) is 4.84. The molecule has 25 heavy (non-hydrogen) atoms. The van der Waals surface area contributed by atoms with Gasteiger partial charge in [-0.25, -0.2) is 4.79 Å². The summed E-state index contributed by atoms with van der Waals surface area (Å²) in [4.78, 5) is 27.3. The molecule has 1 atom stereocenters. The Labute approximate surface area is 148 Å². The van der Waals surface area contributed by atoms with Crippen LogP contribution in [-0.2, 0) is 16.1 Å². The Morgan fingerprint density at radius 3 is 2.64 bits per heavy atom. The molecule has 1 aliphatic heterocycles. The van der Waals surface area contributed by atoms with Crippen molar-refractivity contribution in [2.24, 2.45) is 5.92 Å². The Kier molecular flexibility index (Phi) is 5.91. The lowest BCUT2D eigenvalue weighted by Gasteiger charge is -2.34. The van der Waals surface area contributed by atoms with Crippen molar-refractivity contribution in [2.75, 3.05) is 26.2 Å². The summed E-state index contributed by atoms with van der Waals surface area (Å²) in [5.41, 5.74) is 0.983. The van der Waals surface area contributed by atoms with Crippen LogP contribution in [0.3, 0.4) is 0 Å². The van der Waals surface area contributed by atoms with E-state index < -0.39 is 5.97 Å². The van der Waals surface area contributed by atoms with Gasteiger partial charge in [0.15, 0.2) is 0 Å². The van der Waals surface area contributed by atoms with Gasteiger partial charge in [-0.1, -0.05) is 30.3 Å². The number of hydrogen-bond acceptors (Lipinski definition) is 4. The van der Waals surface area contributed by atoms with Crippen molar-refractivity contribution in [1.29, 1.82) is 0 Å². The molecule has 1 saturated heterocycles. The van der Waals surface area contributed by atoms with Crippen molar-refractivity contribution in [3.05, 3.63) is 35.9 Å². The molecule has 3 rings (SSSR count). The number of carbonyl (C=O) groups excluding carboxylic acids is 1. The summed E-state index contributed by atoms with van der Waals surface area (Å²) < 4.78 is 5.50. The van der Waals surface area contributed by atoms with E-state index in [0.29, 0.717) is 19.1 Å². The predicted octanol–water partition coefficient (Wildman–Crippen LogP) is 2.58. The number of rotatable bonds is 7. The predicted molar refractivity (Wildman–Crippen MR) is 93.2 cm³/mol. The van der Waals surface area contributed by atoms with Gasteiger partial charge in [-0.15, -0.1) is 0 Å². The molecule has 1 aliphatic carbocycles. The number of piperidine rings is 1. The third kappa shape index (κ3) is 5.46. The van der Waals surface area contributed by atoms with E-state index in [2.05, 4.69) is 0 Å². The first-order chi connectivity index (χ1) is 12.1. The van der Waals surface area contributed by atoms with Gasteiger partial charge < -0.3 is 14.7 Å². The first-order valence-corrected chi connectivity index (χ1v) is 9.03. The van der Waals surface area contributed by atoms with Gasteiger partial charge in [0.1, 0.15) is 6.61 Å². The number of carboxylic acids is 1.